The molecule has 7 heteroatoms. The number of piperidine rings is 1. The van der Waals surface area contributed by atoms with Gasteiger partial charge in [-0.1, -0.05) is 29.8 Å². The van der Waals surface area contributed by atoms with Crippen LogP contribution in [-0.4, -0.2) is 49.3 Å². The minimum atomic E-state index is -0.141. The zero-order chi connectivity index (χ0) is 19.1. The van der Waals surface area contributed by atoms with Crippen LogP contribution in [0.2, 0.25) is 5.02 Å². The molecule has 0 N–H and O–H groups in total. The van der Waals surface area contributed by atoms with Gasteiger partial charge in [0.1, 0.15) is 18.4 Å². The maximum atomic E-state index is 12.6. The summed E-state index contributed by atoms with van der Waals surface area (Å²) in [7, 11) is 1.61. The highest BCUT2D eigenvalue weighted by atomic mass is 35.5. The molecule has 2 aromatic rings. The highest BCUT2D eigenvalue weighted by Crippen LogP contribution is 2.31. The van der Waals surface area contributed by atoms with Gasteiger partial charge in [-0.15, -0.1) is 0 Å². The Labute approximate surface area is 164 Å². The Morgan fingerprint density at radius 3 is 3.00 bits per heavy atom. The average molecular weight is 393 g/mol. The van der Waals surface area contributed by atoms with Crippen molar-refractivity contribution >= 4 is 17.5 Å². The molecule has 1 aromatic heterocycles. The minimum absolute atomic E-state index is 0.0401. The van der Waals surface area contributed by atoms with Crippen LogP contribution in [0.25, 0.3) is 0 Å². The fourth-order valence-electron chi connectivity index (χ4n) is 3.26. The number of hydrogen-bond donors (Lipinski definition) is 0. The lowest BCUT2D eigenvalue weighted by Crippen LogP contribution is -2.40. The Kier molecular flexibility index (Phi) is 7.26. The van der Waals surface area contributed by atoms with Crippen molar-refractivity contribution in [1.29, 1.82) is 0 Å². The molecule has 0 spiro atoms. The fraction of sp³-hybridized carbons (Fsp3) is 0.500. The molecule has 1 aliphatic heterocycles. The Bertz CT molecular complexity index is 749. The maximum absolute atomic E-state index is 12.6. The number of likely N-dealkylation sites (tertiary alicyclic amines) is 1. The number of carbonyl (C=O) groups is 1. The van der Waals surface area contributed by atoms with Crippen LogP contribution in [0, 0.1) is 0 Å². The highest BCUT2D eigenvalue weighted by molar-refractivity contribution is 6.31. The second-order valence-electron chi connectivity index (χ2n) is 6.58. The van der Waals surface area contributed by atoms with Crippen molar-refractivity contribution in [2.75, 3.05) is 33.5 Å². The molecule has 6 nitrogen and oxygen atoms in total. The average Bonchev–Trinajstić information content (AvgIpc) is 3.15. The van der Waals surface area contributed by atoms with Crippen molar-refractivity contribution in [2.45, 2.75) is 31.7 Å². The first-order valence-electron chi connectivity index (χ1n) is 9.23. The largest absolute Gasteiger partial charge is 0.443 e. The molecule has 1 aromatic carbocycles. The Balaban J connectivity index is 1.65. The van der Waals surface area contributed by atoms with Crippen molar-refractivity contribution < 1.29 is 18.7 Å². The Morgan fingerprint density at radius 2 is 2.19 bits per heavy atom. The zero-order valence-corrected chi connectivity index (χ0v) is 16.3. The van der Waals surface area contributed by atoms with E-state index < -0.39 is 0 Å². The van der Waals surface area contributed by atoms with Crippen molar-refractivity contribution in [3.05, 3.63) is 52.7 Å². The van der Waals surface area contributed by atoms with Gasteiger partial charge in [-0.3, -0.25) is 4.79 Å². The molecule has 146 valence electrons. The van der Waals surface area contributed by atoms with E-state index >= 15 is 0 Å². The third-order valence-electron chi connectivity index (χ3n) is 4.66. The predicted molar refractivity (Wildman–Crippen MR) is 102 cm³/mol. The van der Waals surface area contributed by atoms with Crippen LogP contribution in [0.1, 0.15) is 42.5 Å². The molecule has 3 rings (SSSR count). The van der Waals surface area contributed by atoms with Crippen molar-refractivity contribution in [3.63, 3.8) is 0 Å². The molecule has 0 aliphatic carbocycles. The molecule has 1 aliphatic rings. The number of aromatic nitrogens is 1. The number of methoxy groups -OCH3 is 1. The van der Waals surface area contributed by atoms with Crippen LogP contribution in [0.3, 0.4) is 0 Å². The topological polar surface area (TPSA) is 64.8 Å². The van der Waals surface area contributed by atoms with Gasteiger partial charge in [0, 0.05) is 25.1 Å². The van der Waals surface area contributed by atoms with Gasteiger partial charge in [-0.2, -0.15) is 0 Å². The summed E-state index contributed by atoms with van der Waals surface area (Å²) in [4.78, 5) is 18.8. The minimum Gasteiger partial charge on any atom is -0.443 e. The number of oxazole rings is 1. The van der Waals surface area contributed by atoms with Crippen molar-refractivity contribution in [1.82, 2.24) is 9.88 Å². The first kappa shape index (κ1) is 19.9. The molecule has 1 saturated heterocycles. The SMILES string of the molecule is COCCOCC(=O)N1CCCC[C@@H]1c1ncc(Cc2ccccc2Cl)o1. The number of rotatable bonds is 8. The number of halogens is 1. The molecule has 27 heavy (non-hydrogen) atoms. The molecule has 1 fully saturated rings. The fourth-order valence-corrected chi connectivity index (χ4v) is 3.46. The number of hydrogen-bond acceptors (Lipinski definition) is 5. The quantitative estimate of drug-likeness (QED) is 0.642. The van der Waals surface area contributed by atoms with Gasteiger partial charge in [0.25, 0.3) is 0 Å². The van der Waals surface area contributed by atoms with E-state index in [0.717, 1.165) is 30.6 Å². The monoisotopic (exact) mass is 392 g/mol. The lowest BCUT2D eigenvalue weighted by atomic mass is 10.0. The smallest absolute Gasteiger partial charge is 0.249 e. The van der Waals surface area contributed by atoms with E-state index in [4.69, 9.17) is 25.5 Å². The summed E-state index contributed by atoms with van der Waals surface area (Å²) < 4.78 is 16.3. The lowest BCUT2D eigenvalue weighted by Gasteiger charge is -2.33. The summed E-state index contributed by atoms with van der Waals surface area (Å²) in [6, 6.07) is 7.54. The number of nitrogens with zero attached hydrogens (tertiary/aromatic N) is 2. The first-order valence-corrected chi connectivity index (χ1v) is 9.61. The van der Waals surface area contributed by atoms with E-state index in [0.29, 0.717) is 37.1 Å². The van der Waals surface area contributed by atoms with Crippen LogP contribution >= 0.6 is 11.6 Å². The third-order valence-corrected chi connectivity index (χ3v) is 5.03. The van der Waals surface area contributed by atoms with E-state index in [1.54, 1.807) is 13.3 Å². The van der Waals surface area contributed by atoms with Crippen LogP contribution in [-0.2, 0) is 20.7 Å². The number of benzene rings is 1. The maximum Gasteiger partial charge on any atom is 0.249 e. The standard InChI is InChI=1S/C20H25ClN2O4/c1-25-10-11-26-14-19(24)23-9-5-4-8-18(23)20-22-13-16(27-20)12-15-6-2-3-7-17(15)21/h2-3,6-7,13,18H,4-5,8-12,14H2,1H3/t18-/m1/s1. The zero-order valence-electron chi connectivity index (χ0n) is 15.5. The van der Waals surface area contributed by atoms with Gasteiger partial charge >= 0.3 is 0 Å². The molecule has 0 bridgehead atoms. The van der Waals surface area contributed by atoms with Gasteiger partial charge in [-0.05, 0) is 30.9 Å². The summed E-state index contributed by atoms with van der Waals surface area (Å²) >= 11 is 6.23. The van der Waals surface area contributed by atoms with E-state index in [9.17, 15) is 4.79 Å². The second kappa shape index (κ2) is 9.88. The highest BCUT2D eigenvalue weighted by Gasteiger charge is 2.31. The van der Waals surface area contributed by atoms with Gasteiger partial charge in [0.15, 0.2) is 0 Å². The molecule has 1 amide bonds. The molecule has 0 saturated carbocycles. The van der Waals surface area contributed by atoms with Crippen LogP contribution < -0.4 is 0 Å². The second-order valence-corrected chi connectivity index (χ2v) is 6.98. The van der Waals surface area contributed by atoms with Gasteiger partial charge in [-0.25, -0.2) is 4.98 Å². The van der Waals surface area contributed by atoms with E-state index in [2.05, 4.69) is 4.98 Å². The van der Waals surface area contributed by atoms with Crippen molar-refractivity contribution in [2.24, 2.45) is 0 Å². The molecular weight excluding hydrogens is 368 g/mol. The number of ether oxygens (including phenoxy) is 2. The lowest BCUT2D eigenvalue weighted by molar-refractivity contribution is -0.141. The van der Waals surface area contributed by atoms with Crippen LogP contribution in [0.4, 0.5) is 0 Å². The van der Waals surface area contributed by atoms with E-state index in [1.165, 1.54) is 0 Å². The number of amides is 1. The van der Waals surface area contributed by atoms with Gasteiger partial charge < -0.3 is 18.8 Å². The molecule has 1 atom stereocenters. The van der Waals surface area contributed by atoms with Gasteiger partial charge in [0.05, 0.1) is 19.4 Å². The van der Waals surface area contributed by atoms with Crippen molar-refractivity contribution in [3.8, 4) is 0 Å². The van der Waals surface area contributed by atoms with Crippen LogP contribution in [0.15, 0.2) is 34.9 Å². The van der Waals surface area contributed by atoms with Crippen LogP contribution in [0.5, 0.6) is 0 Å². The summed E-state index contributed by atoms with van der Waals surface area (Å²) in [6.07, 6.45) is 5.17. The molecule has 0 radical (unpaired) electrons. The summed E-state index contributed by atoms with van der Waals surface area (Å²) in [5.74, 6) is 1.29. The predicted octanol–water partition coefficient (Wildman–Crippen LogP) is 3.64. The Hall–Kier alpha value is -1.89. The summed E-state index contributed by atoms with van der Waals surface area (Å²) in [6.45, 7) is 1.62. The Morgan fingerprint density at radius 1 is 1.33 bits per heavy atom. The van der Waals surface area contributed by atoms with E-state index in [1.807, 2.05) is 29.2 Å². The van der Waals surface area contributed by atoms with Gasteiger partial charge in [0.2, 0.25) is 11.8 Å². The third kappa shape index (κ3) is 5.31. The first-order chi connectivity index (χ1) is 13.2. The molecular formula is C20H25ClN2O4. The summed E-state index contributed by atoms with van der Waals surface area (Å²) in [5, 5.41) is 0.707. The molecule has 0 unspecified atom stereocenters. The summed E-state index contributed by atoms with van der Waals surface area (Å²) in [5.41, 5.74) is 0.991. The molecule has 2 heterocycles. The van der Waals surface area contributed by atoms with E-state index in [-0.39, 0.29) is 18.6 Å². The number of carbonyl (C=O) groups excluding carboxylic acids is 1. The normalized spacial score (nSPS) is 17.3.